The number of nitrogens with zero attached hydrogens (tertiary/aromatic N) is 1. The lowest BCUT2D eigenvalue weighted by molar-refractivity contribution is 1.18. The van der Waals surface area contributed by atoms with Crippen LogP contribution in [0.15, 0.2) is 152 Å². The van der Waals surface area contributed by atoms with E-state index in [1.54, 1.807) is 0 Å². The van der Waals surface area contributed by atoms with Gasteiger partial charge >= 0.3 is 0 Å². The van der Waals surface area contributed by atoms with Gasteiger partial charge in [-0.1, -0.05) is 103 Å². The molecule has 0 bridgehead atoms. The van der Waals surface area contributed by atoms with Gasteiger partial charge in [0.05, 0.1) is 11.0 Å². The molecule has 0 fully saturated rings. The quantitative estimate of drug-likeness (QED) is 0.256. The zero-order valence-corrected chi connectivity index (χ0v) is 20.9. The number of anilines is 2. The van der Waals surface area contributed by atoms with E-state index in [2.05, 4.69) is 155 Å². The molecular weight excluding hydrogens is 460 g/mol. The van der Waals surface area contributed by atoms with E-state index in [1.165, 1.54) is 49.7 Å². The highest BCUT2D eigenvalue weighted by molar-refractivity contribution is 6.09. The Morgan fingerprint density at radius 2 is 0.895 bits per heavy atom. The molecule has 0 amide bonds. The van der Waals surface area contributed by atoms with Crippen molar-refractivity contribution in [3.8, 4) is 27.9 Å². The molecule has 0 spiro atoms. The summed E-state index contributed by atoms with van der Waals surface area (Å²) in [6, 6.07) is 53.8. The summed E-state index contributed by atoms with van der Waals surface area (Å²) >= 11 is 0. The maximum Gasteiger partial charge on any atom is 0.0541 e. The van der Waals surface area contributed by atoms with E-state index in [9.17, 15) is 0 Å². The van der Waals surface area contributed by atoms with Crippen molar-refractivity contribution in [1.29, 1.82) is 0 Å². The molecule has 1 N–H and O–H groups in total. The molecular formula is C36H26N2. The van der Waals surface area contributed by atoms with Crippen LogP contribution >= 0.6 is 0 Å². The van der Waals surface area contributed by atoms with Gasteiger partial charge in [0, 0.05) is 27.8 Å². The Bertz CT molecular complexity index is 1810. The van der Waals surface area contributed by atoms with Crippen molar-refractivity contribution in [3.05, 3.63) is 152 Å². The Morgan fingerprint density at radius 3 is 1.55 bits per heavy atom. The molecule has 7 rings (SSSR count). The molecule has 0 aliphatic rings. The number of nitrogens with one attached hydrogen (secondary N) is 1. The number of hydrogen-bond acceptors (Lipinski definition) is 1. The monoisotopic (exact) mass is 486 g/mol. The Balaban J connectivity index is 1.15. The summed E-state index contributed by atoms with van der Waals surface area (Å²) < 4.78 is 2.35. The van der Waals surface area contributed by atoms with Gasteiger partial charge in [0.1, 0.15) is 0 Å². The van der Waals surface area contributed by atoms with Gasteiger partial charge in [0.2, 0.25) is 0 Å². The first-order valence-electron chi connectivity index (χ1n) is 13.0. The van der Waals surface area contributed by atoms with Crippen molar-refractivity contribution in [2.75, 3.05) is 5.32 Å². The first-order chi connectivity index (χ1) is 18.8. The Hall–Kier alpha value is -5.08. The predicted molar refractivity (Wildman–Crippen MR) is 161 cm³/mol. The van der Waals surface area contributed by atoms with E-state index in [-0.39, 0.29) is 0 Å². The Labute approximate surface area is 222 Å². The van der Waals surface area contributed by atoms with Crippen molar-refractivity contribution < 1.29 is 0 Å². The fourth-order valence-corrected chi connectivity index (χ4v) is 5.32. The van der Waals surface area contributed by atoms with Crippen LogP contribution in [0.3, 0.4) is 0 Å². The average Bonchev–Trinajstić information content (AvgIpc) is 3.33. The highest BCUT2D eigenvalue weighted by Gasteiger charge is 2.11. The number of benzene rings is 6. The normalized spacial score (nSPS) is 11.2. The molecule has 7 aromatic rings. The molecule has 1 aromatic heterocycles. The van der Waals surface area contributed by atoms with Crippen molar-refractivity contribution in [1.82, 2.24) is 4.57 Å². The second-order valence-electron chi connectivity index (χ2n) is 9.57. The highest BCUT2D eigenvalue weighted by atomic mass is 15.0. The molecule has 6 aromatic carbocycles. The van der Waals surface area contributed by atoms with Gasteiger partial charge in [0.25, 0.3) is 0 Å². The summed E-state index contributed by atoms with van der Waals surface area (Å²) in [4.78, 5) is 0. The van der Waals surface area contributed by atoms with Crippen LogP contribution in [-0.2, 0) is 0 Å². The van der Waals surface area contributed by atoms with Crippen LogP contribution in [-0.4, -0.2) is 4.57 Å². The van der Waals surface area contributed by atoms with Crippen molar-refractivity contribution in [2.24, 2.45) is 0 Å². The van der Waals surface area contributed by atoms with Crippen LogP contribution in [0.25, 0.3) is 49.7 Å². The predicted octanol–water partition coefficient (Wildman–Crippen LogP) is 9.86. The first-order valence-corrected chi connectivity index (χ1v) is 13.0. The summed E-state index contributed by atoms with van der Waals surface area (Å²) in [5.74, 6) is 0. The molecule has 2 nitrogen and oxygen atoms in total. The van der Waals surface area contributed by atoms with Gasteiger partial charge in [-0.3, -0.25) is 0 Å². The van der Waals surface area contributed by atoms with Crippen LogP contribution in [0.2, 0.25) is 0 Å². The lowest BCUT2D eigenvalue weighted by atomic mass is 10.0. The van der Waals surface area contributed by atoms with Gasteiger partial charge in [-0.2, -0.15) is 0 Å². The molecule has 0 unspecified atom stereocenters. The molecule has 0 atom stereocenters. The van der Waals surface area contributed by atoms with E-state index in [4.69, 9.17) is 0 Å². The van der Waals surface area contributed by atoms with E-state index in [0.717, 1.165) is 11.4 Å². The number of aromatic nitrogens is 1. The molecule has 0 aliphatic carbocycles. The van der Waals surface area contributed by atoms with Crippen LogP contribution in [0.5, 0.6) is 0 Å². The van der Waals surface area contributed by atoms with E-state index in [1.807, 2.05) is 6.07 Å². The number of hydrogen-bond donors (Lipinski definition) is 1. The van der Waals surface area contributed by atoms with E-state index in [0.29, 0.717) is 0 Å². The topological polar surface area (TPSA) is 17.0 Å². The van der Waals surface area contributed by atoms with E-state index >= 15 is 0 Å². The minimum Gasteiger partial charge on any atom is -0.356 e. The third-order valence-electron chi connectivity index (χ3n) is 7.18. The molecule has 0 radical (unpaired) electrons. The van der Waals surface area contributed by atoms with Crippen LogP contribution in [0, 0.1) is 0 Å². The standard InChI is InChI=1S/C36H26N2/c1-2-9-26(10-3-1)29-11-8-12-31(25-29)37-30-21-17-27(18-22-30)28-19-23-32(24-20-28)38-35-15-6-4-13-33(35)34-14-5-7-16-36(34)38/h1-25,37H. The number of para-hydroxylation sites is 2. The van der Waals surface area contributed by atoms with Gasteiger partial charge in [0.15, 0.2) is 0 Å². The molecule has 38 heavy (non-hydrogen) atoms. The Morgan fingerprint density at radius 1 is 0.368 bits per heavy atom. The SMILES string of the molecule is c1ccc(-c2cccc(Nc3ccc(-c4ccc(-n5c6ccccc6c6ccccc65)cc4)cc3)c2)cc1. The molecule has 0 saturated carbocycles. The van der Waals surface area contributed by atoms with Gasteiger partial charge < -0.3 is 9.88 Å². The van der Waals surface area contributed by atoms with Crippen LogP contribution < -0.4 is 5.32 Å². The minimum absolute atomic E-state index is 1.07. The molecule has 0 aliphatic heterocycles. The number of fused-ring (bicyclic) bond motifs is 3. The van der Waals surface area contributed by atoms with Crippen molar-refractivity contribution in [3.63, 3.8) is 0 Å². The third-order valence-corrected chi connectivity index (χ3v) is 7.18. The molecule has 1 heterocycles. The second kappa shape index (κ2) is 9.42. The lowest BCUT2D eigenvalue weighted by Gasteiger charge is -2.11. The van der Waals surface area contributed by atoms with Gasteiger partial charge in [-0.25, -0.2) is 0 Å². The average molecular weight is 487 g/mol. The summed E-state index contributed by atoms with van der Waals surface area (Å²) in [5.41, 5.74) is 10.6. The van der Waals surface area contributed by atoms with Gasteiger partial charge in [-0.05, 0) is 70.8 Å². The maximum atomic E-state index is 3.55. The van der Waals surface area contributed by atoms with Crippen molar-refractivity contribution in [2.45, 2.75) is 0 Å². The van der Waals surface area contributed by atoms with Crippen LogP contribution in [0.1, 0.15) is 0 Å². The van der Waals surface area contributed by atoms with Crippen molar-refractivity contribution >= 4 is 33.2 Å². The lowest BCUT2D eigenvalue weighted by Crippen LogP contribution is -1.93. The zero-order valence-electron chi connectivity index (χ0n) is 20.9. The summed E-state index contributed by atoms with van der Waals surface area (Å²) in [7, 11) is 0. The summed E-state index contributed by atoms with van der Waals surface area (Å²) in [6.07, 6.45) is 0. The van der Waals surface area contributed by atoms with E-state index < -0.39 is 0 Å². The molecule has 180 valence electrons. The van der Waals surface area contributed by atoms with Gasteiger partial charge in [-0.15, -0.1) is 0 Å². The Kier molecular flexibility index (Phi) is 5.49. The molecule has 0 saturated heterocycles. The minimum atomic E-state index is 1.07. The zero-order chi connectivity index (χ0) is 25.3. The fourth-order valence-electron chi connectivity index (χ4n) is 5.32. The highest BCUT2D eigenvalue weighted by Crippen LogP contribution is 2.33. The smallest absolute Gasteiger partial charge is 0.0541 e. The maximum absolute atomic E-state index is 3.55. The summed E-state index contributed by atoms with van der Waals surface area (Å²) in [5, 5.41) is 6.12. The largest absolute Gasteiger partial charge is 0.356 e. The fraction of sp³-hybridized carbons (Fsp3) is 0. The van der Waals surface area contributed by atoms with Crippen LogP contribution in [0.4, 0.5) is 11.4 Å². The molecule has 2 heteroatoms. The number of rotatable bonds is 5. The first kappa shape index (κ1) is 22.1. The third kappa shape index (κ3) is 4.03. The summed E-state index contributed by atoms with van der Waals surface area (Å²) in [6.45, 7) is 0. The second-order valence-corrected chi connectivity index (χ2v) is 9.57.